The first kappa shape index (κ1) is 15.8. The Hall–Kier alpha value is -3.10. The van der Waals surface area contributed by atoms with Gasteiger partial charge in [0, 0.05) is 5.69 Å². The molecular weight excluding hydrogens is 313 g/mol. The van der Waals surface area contributed by atoms with Gasteiger partial charge in [-0.15, -0.1) is 5.10 Å². The number of hydrogen-bond donors (Lipinski definition) is 2. The molecule has 0 bridgehead atoms. The van der Waals surface area contributed by atoms with Crippen molar-refractivity contribution >= 4 is 11.6 Å². The average molecular weight is 329 g/mol. The summed E-state index contributed by atoms with van der Waals surface area (Å²) >= 11 is 0. The van der Waals surface area contributed by atoms with Gasteiger partial charge in [0.05, 0.1) is 17.3 Å². The van der Waals surface area contributed by atoms with Crippen LogP contribution in [-0.2, 0) is 5.54 Å². The SMILES string of the molecule is CC(C)(C)n1cc(C(=O)Nc2ccc(F)c(-c3ncn[nH]3)c2)nn1. The maximum absolute atomic E-state index is 13.9. The van der Waals surface area contributed by atoms with Gasteiger partial charge in [0.1, 0.15) is 12.1 Å². The summed E-state index contributed by atoms with van der Waals surface area (Å²) in [4.78, 5) is 16.2. The van der Waals surface area contributed by atoms with E-state index in [2.05, 4.69) is 30.8 Å². The molecule has 0 fully saturated rings. The standard InChI is InChI=1S/C15H16FN7O/c1-15(2,3)23-7-12(20-22-23)14(24)19-9-4-5-11(16)10(6-9)13-17-8-18-21-13/h4-8H,1-3H3,(H,19,24)(H,17,18,21). The Kier molecular flexibility index (Phi) is 3.84. The lowest BCUT2D eigenvalue weighted by atomic mass is 10.1. The Morgan fingerprint density at radius 2 is 2.12 bits per heavy atom. The zero-order valence-corrected chi connectivity index (χ0v) is 13.4. The molecule has 124 valence electrons. The van der Waals surface area contributed by atoms with E-state index in [1.807, 2.05) is 20.8 Å². The zero-order chi connectivity index (χ0) is 17.3. The van der Waals surface area contributed by atoms with Gasteiger partial charge in [-0.1, -0.05) is 5.21 Å². The van der Waals surface area contributed by atoms with Gasteiger partial charge in [0.2, 0.25) is 0 Å². The number of amides is 1. The Morgan fingerprint density at radius 1 is 1.33 bits per heavy atom. The minimum absolute atomic E-state index is 0.176. The molecule has 2 heterocycles. The number of carbonyl (C=O) groups excluding carboxylic acids is 1. The third-order valence-electron chi connectivity index (χ3n) is 3.31. The molecule has 0 aliphatic heterocycles. The van der Waals surface area contributed by atoms with Gasteiger partial charge < -0.3 is 5.32 Å². The van der Waals surface area contributed by atoms with Crippen molar-refractivity contribution in [3.05, 3.63) is 42.2 Å². The summed E-state index contributed by atoms with van der Waals surface area (Å²) in [5, 5.41) is 16.8. The van der Waals surface area contributed by atoms with Crippen molar-refractivity contribution in [1.29, 1.82) is 0 Å². The Morgan fingerprint density at radius 3 is 2.75 bits per heavy atom. The third kappa shape index (κ3) is 3.14. The molecule has 3 rings (SSSR count). The molecule has 0 saturated heterocycles. The molecule has 0 atom stereocenters. The number of nitrogens with zero attached hydrogens (tertiary/aromatic N) is 5. The van der Waals surface area contributed by atoms with Crippen LogP contribution in [-0.4, -0.2) is 36.1 Å². The molecule has 9 heteroatoms. The first-order valence-corrected chi connectivity index (χ1v) is 7.24. The summed E-state index contributed by atoms with van der Waals surface area (Å²) in [6.45, 7) is 5.85. The molecule has 3 aromatic rings. The first-order valence-electron chi connectivity index (χ1n) is 7.24. The number of rotatable bonds is 3. The van der Waals surface area contributed by atoms with Crippen molar-refractivity contribution in [2.75, 3.05) is 5.32 Å². The zero-order valence-electron chi connectivity index (χ0n) is 13.4. The van der Waals surface area contributed by atoms with Crippen LogP contribution in [0.3, 0.4) is 0 Å². The number of nitrogens with one attached hydrogen (secondary N) is 2. The lowest BCUT2D eigenvalue weighted by Gasteiger charge is -2.17. The molecule has 0 radical (unpaired) electrons. The summed E-state index contributed by atoms with van der Waals surface area (Å²) in [6, 6.07) is 4.18. The van der Waals surface area contributed by atoms with Crippen LogP contribution in [0.15, 0.2) is 30.7 Å². The lowest BCUT2D eigenvalue weighted by Crippen LogP contribution is -2.22. The van der Waals surface area contributed by atoms with Gasteiger partial charge in [0.15, 0.2) is 11.5 Å². The molecule has 2 N–H and O–H groups in total. The van der Waals surface area contributed by atoms with Crippen molar-refractivity contribution in [2.24, 2.45) is 0 Å². The molecule has 1 amide bonds. The van der Waals surface area contributed by atoms with Crippen LogP contribution in [0.4, 0.5) is 10.1 Å². The second-order valence-electron chi connectivity index (χ2n) is 6.20. The van der Waals surface area contributed by atoms with Crippen LogP contribution in [0.2, 0.25) is 0 Å². The quantitative estimate of drug-likeness (QED) is 0.767. The largest absolute Gasteiger partial charge is 0.321 e. The molecule has 0 aliphatic carbocycles. The molecule has 0 aliphatic rings. The maximum atomic E-state index is 13.9. The topological polar surface area (TPSA) is 101 Å². The highest BCUT2D eigenvalue weighted by atomic mass is 19.1. The highest BCUT2D eigenvalue weighted by Crippen LogP contribution is 2.23. The smallest absolute Gasteiger partial charge is 0.277 e. The fraction of sp³-hybridized carbons (Fsp3) is 0.267. The van der Waals surface area contributed by atoms with E-state index < -0.39 is 11.7 Å². The van der Waals surface area contributed by atoms with Crippen molar-refractivity contribution < 1.29 is 9.18 Å². The van der Waals surface area contributed by atoms with Crippen molar-refractivity contribution in [1.82, 2.24) is 30.2 Å². The molecule has 24 heavy (non-hydrogen) atoms. The number of anilines is 1. The van der Waals surface area contributed by atoms with Gasteiger partial charge in [-0.25, -0.2) is 14.1 Å². The van der Waals surface area contributed by atoms with Gasteiger partial charge in [-0.2, -0.15) is 5.10 Å². The summed E-state index contributed by atoms with van der Waals surface area (Å²) in [5.74, 6) is -0.619. The van der Waals surface area contributed by atoms with E-state index in [0.29, 0.717) is 5.69 Å². The van der Waals surface area contributed by atoms with E-state index >= 15 is 0 Å². The molecule has 0 spiro atoms. The number of aromatic nitrogens is 6. The normalized spacial score (nSPS) is 11.5. The van der Waals surface area contributed by atoms with Crippen LogP contribution in [0, 0.1) is 5.82 Å². The Balaban J connectivity index is 1.82. The van der Waals surface area contributed by atoms with Crippen LogP contribution < -0.4 is 5.32 Å². The third-order valence-corrected chi connectivity index (χ3v) is 3.31. The highest BCUT2D eigenvalue weighted by molar-refractivity contribution is 6.02. The molecule has 8 nitrogen and oxygen atoms in total. The summed E-state index contributed by atoms with van der Waals surface area (Å²) in [5.41, 5.74) is 0.526. The second-order valence-corrected chi connectivity index (χ2v) is 6.20. The van der Waals surface area contributed by atoms with Crippen molar-refractivity contribution in [2.45, 2.75) is 26.3 Å². The van der Waals surface area contributed by atoms with Crippen molar-refractivity contribution in [3.8, 4) is 11.4 Å². The predicted molar refractivity (Wildman–Crippen MR) is 84.7 cm³/mol. The van der Waals surface area contributed by atoms with E-state index in [-0.39, 0.29) is 22.6 Å². The number of aromatic amines is 1. The monoisotopic (exact) mass is 329 g/mol. The van der Waals surface area contributed by atoms with Crippen LogP contribution in [0.5, 0.6) is 0 Å². The van der Waals surface area contributed by atoms with Crippen LogP contribution in [0.25, 0.3) is 11.4 Å². The van der Waals surface area contributed by atoms with Gasteiger partial charge in [0.25, 0.3) is 5.91 Å². The van der Waals surface area contributed by atoms with E-state index in [1.54, 1.807) is 10.9 Å². The molecule has 2 aromatic heterocycles. The van der Waals surface area contributed by atoms with E-state index in [4.69, 9.17) is 0 Å². The minimum atomic E-state index is -0.469. The highest BCUT2D eigenvalue weighted by Gasteiger charge is 2.19. The first-order chi connectivity index (χ1) is 11.3. The van der Waals surface area contributed by atoms with Crippen LogP contribution in [0.1, 0.15) is 31.3 Å². The van der Waals surface area contributed by atoms with Gasteiger partial charge >= 0.3 is 0 Å². The average Bonchev–Trinajstić information content (AvgIpc) is 3.20. The molecule has 0 saturated carbocycles. The molecule has 0 unspecified atom stereocenters. The number of H-pyrrole nitrogens is 1. The van der Waals surface area contributed by atoms with E-state index in [0.717, 1.165) is 0 Å². The van der Waals surface area contributed by atoms with E-state index in [9.17, 15) is 9.18 Å². The number of halogens is 1. The molecule has 1 aromatic carbocycles. The van der Waals surface area contributed by atoms with Crippen molar-refractivity contribution in [3.63, 3.8) is 0 Å². The van der Waals surface area contributed by atoms with E-state index in [1.165, 1.54) is 24.5 Å². The fourth-order valence-corrected chi connectivity index (χ4v) is 2.01. The number of benzene rings is 1. The van der Waals surface area contributed by atoms with Crippen LogP contribution >= 0.6 is 0 Å². The number of carbonyl (C=O) groups is 1. The summed E-state index contributed by atoms with van der Waals surface area (Å²) < 4.78 is 15.5. The number of hydrogen-bond acceptors (Lipinski definition) is 5. The van der Waals surface area contributed by atoms with Gasteiger partial charge in [-0.05, 0) is 39.0 Å². The van der Waals surface area contributed by atoms with Gasteiger partial charge in [-0.3, -0.25) is 9.89 Å². The Bertz CT molecular complexity index is 864. The lowest BCUT2D eigenvalue weighted by molar-refractivity contribution is 0.102. The minimum Gasteiger partial charge on any atom is -0.321 e. The maximum Gasteiger partial charge on any atom is 0.277 e. The summed E-state index contributed by atoms with van der Waals surface area (Å²) in [7, 11) is 0. The summed E-state index contributed by atoms with van der Waals surface area (Å²) in [6.07, 6.45) is 2.85. The fourth-order valence-electron chi connectivity index (χ4n) is 2.01. The predicted octanol–water partition coefficient (Wildman–Crippen LogP) is 2.21. The second kappa shape index (κ2) is 5.84. The Labute approximate surface area is 137 Å². The molecular formula is C15H16FN7O.